The molecule has 1 aromatic heterocycles. The van der Waals surface area contributed by atoms with Crippen molar-refractivity contribution in [1.82, 2.24) is 15.0 Å². The van der Waals surface area contributed by atoms with E-state index >= 15 is 0 Å². The number of rotatable bonds is 3. The molecule has 1 aromatic carbocycles. The fraction of sp³-hybridized carbons (Fsp3) is 0.100. The Hall–Kier alpha value is -1.30. The number of halogens is 3. The van der Waals surface area contributed by atoms with E-state index in [0.717, 1.165) is 0 Å². The molecule has 0 unspecified atom stereocenters. The minimum Gasteiger partial charge on any atom is -0.467 e. The zero-order valence-corrected chi connectivity index (χ0v) is 11.3. The van der Waals surface area contributed by atoms with E-state index in [2.05, 4.69) is 15.0 Å². The molecule has 0 fully saturated rings. The first-order valence-corrected chi connectivity index (χ1v) is 5.80. The number of hydrogen-bond donors (Lipinski definition) is 0. The summed E-state index contributed by atoms with van der Waals surface area (Å²) in [6.45, 7) is 0. The summed E-state index contributed by atoms with van der Waals surface area (Å²) in [5.74, 6) is 0.425. The summed E-state index contributed by atoms with van der Waals surface area (Å²) in [6.07, 6.45) is 0. The molecule has 5 nitrogen and oxygen atoms in total. The molecule has 0 spiro atoms. The summed E-state index contributed by atoms with van der Waals surface area (Å²) >= 11 is 17.3. The van der Waals surface area contributed by atoms with Crippen LogP contribution in [0.4, 0.5) is 0 Å². The zero-order valence-electron chi connectivity index (χ0n) is 9.02. The Kier molecular flexibility index (Phi) is 4.06. The first kappa shape index (κ1) is 13.1. The molecule has 0 aliphatic heterocycles. The van der Waals surface area contributed by atoms with Gasteiger partial charge < -0.3 is 9.47 Å². The van der Waals surface area contributed by atoms with Crippen molar-refractivity contribution in [2.75, 3.05) is 7.11 Å². The normalized spacial score (nSPS) is 10.2. The lowest BCUT2D eigenvalue weighted by atomic mass is 10.3. The molecule has 94 valence electrons. The quantitative estimate of drug-likeness (QED) is 0.866. The number of methoxy groups -OCH3 is 1. The lowest BCUT2D eigenvalue weighted by molar-refractivity contribution is 0.359. The Bertz CT molecular complexity index is 580. The molecule has 0 amide bonds. The maximum absolute atomic E-state index is 5.85. The second-order valence-electron chi connectivity index (χ2n) is 3.05. The molecule has 0 saturated heterocycles. The predicted octanol–water partition coefficient (Wildman–Crippen LogP) is 3.63. The average molecular weight is 307 g/mol. The van der Waals surface area contributed by atoms with Crippen molar-refractivity contribution in [2.24, 2.45) is 0 Å². The third kappa shape index (κ3) is 3.13. The monoisotopic (exact) mass is 305 g/mol. The van der Waals surface area contributed by atoms with E-state index in [0.29, 0.717) is 15.8 Å². The summed E-state index contributed by atoms with van der Waals surface area (Å²) < 4.78 is 10.2. The number of ether oxygens (including phenoxy) is 2. The fourth-order valence-electron chi connectivity index (χ4n) is 1.10. The molecule has 2 aromatic rings. The van der Waals surface area contributed by atoms with Gasteiger partial charge in [-0.3, -0.25) is 0 Å². The lowest BCUT2D eigenvalue weighted by Gasteiger charge is -2.05. The van der Waals surface area contributed by atoms with E-state index < -0.39 is 0 Å². The van der Waals surface area contributed by atoms with Crippen molar-refractivity contribution in [1.29, 1.82) is 0 Å². The highest BCUT2D eigenvalue weighted by Crippen LogP contribution is 2.28. The SMILES string of the molecule is COc1nc(Cl)nc(Oc2ccc(Cl)c(Cl)c2)n1. The number of benzene rings is 1. The van der Waals surface area contributed by atoms with Crippen molar-refractivity contribution in [3.05, 3.63) is 33.5 Å². The van der Waals surface area contributed by atoms with Crippen LogP contribution in [0.25, 0.3) is 0 Å². The standard InChI is InChI=1S/C10H6Cl3N3O2/c1-17-9-14-8(13)15-10(16-9)18-5-2-3-6(11)7(12)4-5/h2-4H,1H3. The summed E-state index contributed by atoms with van der Waals surface area (Å²) in [4.78, 5) is 11.4. The molecule has 18 heavy (non-hydrogen) atoms. The molecule has 0 aliphatic rings. The van der Waals surface area contributed by atoms with Gasteiger partial charge in [0.2, 0.25) is 5.28 Å². The number of nitrogens with zero attached hydrogens (tertiary/aromatic N) is 3. The Labute approximate surface area is 118 Å². The molecule has 0 atom stereocenters. The summed E-state index contributed by atoms with van der Waals surface area (Å²) in [7, 11) is 1.41. The fourth-order valence-corrected chi connectivity index (χ4v) is 1.53. The van der Waals surface area contributed by atoms with E-state index in [-0.39, 0.29) is 17.3 Å². The summed E-state index contributed by atoms with van der Waals surface area (Å²) in [6, 6.07) is 4.82. The van der Waals surface area contributed by atoms with Crippen LogP contribution in [0, 0.1) is 0 Å². The second-order valence-corrected chi connectivity index (χ2v) is 4.20. The minimum absolute atomic E-state index is 0.00485. The number of hydrogen-bond acceptors (Lipinski definition) is 5. The second kappa shape index (κ2) is 5.56. The Morgan fingerprint density at radius 1 is 0.944 bits per heavy atom. The molecule has 0 bridgehead atoms. The molecule has 8 heteroatoms. The van der Waals surface area contributed by atoms with E-state index in [1.165, 1.54) is 13.2 Å². The van der Waals surface area contributed by atoms with Gasteiger partial charge in [0.25, 0.3) is 0 Å². The molecule has 1 heterocycles. The third-order valence-electron chi connectivity index (χ3n) is 1.85. The van der Waals surface area contributed by atoms with Crippen LogP contribution in [0.2, 0.25) is 15.3 Å². The third-order valence-corrected chi connectivity index (χ3v) is 2.76. The largest absolute Gasteiger partial charge is 0.467 e. The van der Waals surface area contributed by atoms with E-state index in [9.17, 15) is 0 Å². The predicted molar refractivity (Wildman–Crippen MR) is 67.9 cm³/mol. The van der Waals surface area contributed by atoms with Crippen molar-refractivity contribution >= 4 is 34.8 Å². The van der Waals surface area contributed by atoms with Gasteiger partial charge in [0.1, 0.15) is 5.75 Å². The van der Waals surface area contributed by atoms with Crippen LogP contribution in [0.1, 0.15) is 0 Å². The molecule has 0 aliphatic carbocycles. The summed E-state index contributed by atoms with van der Waals surface area (Å²) in [5, 5.41) is 0.758. The van der Waals surface area contributed by atoms with Crippen LogP contribution < -0.4 is 9.47 Å². The van der Waals surface area contributed by atoms with Gasteiger partial charge in [0.05, 0.1) is 17.2 Å². The maximum atomic E-state index is 5.85. The van der Waals surface area contributed by atoms with E-state index in [1.54, 1.807) is 12.1 Å². The highest BCUT2D eigenvalue weighted by Gasteiger charge is 2.08. The Balaban J connectivity index is 2.27. The van der Waals surface area contributed by atoms with Crippen LogP contribution >= 0.6 is 34.8 Å². The van der Waals surface area contributed by atoms with Crippen LogP contribution in [0.3, 0.4) is 0 Å². The van der Waals surface area contributed by atoms with Gasteiger partial charge in [-0.1, -0.05) is 23.2 Å². The molecule has 0 N–H and O–H groups in total. The van der Waals surface area contributed by atoms with Gasteiger partial charge in [-0.25, -0.2) is 0 Å². The highest BCUT2D eigenvalue weighted by atomic mass is 35.5. The topological polar surface area (TPSA) is 57.1 Å². The van der Waals surface area contributed by atoms with Crippen molar-refractivity contribution < 1.29 is 9.47 Å². The lowest BCUT2D eigenvalue weighted by Crippen LogP contribution is -1.98. The first-order valence-electron chi connectivity index (χ1n) is 4.67. The van der Waals surface area contributed by atoms with Gasteiger partial charge in [-0.2, -0.15) is 9.97 Å². The zero-order chi connectivity index (χ0) is 13.1. The first-order chi connectivity index (χ1) is 8.58. The van der Waals surface area contributed by atoms with Gasteiger partial charge in [0, 0.05) is 6.07 Å². The molecule has 0 radical (unpaired) electrons. The van der Waals surface area contributed by atoms with Crippen molar-refractivity contribution in [3.63, 3.8) is 0 Å². The molecule has 0 saturated carbocycles. The van der Waals surface area contributed by atoms with Gasteiger partial charge in [-0.15, -0.1) is 4.98 Å². The molecular weight excluding hydrogens is 300 g/mol. The van der Waals surface area contributed by atoms with Crippen LogP contribution in [0.5, 0.6) is 17.8 Å². The van der Waals surface area contributed by atoms with Crippen LogP contribution in [0.15, 0.2) is 18.2 Å². The number of aromatic nitrogens is 3. The van der Waals surface area contributed by atoms with E-state index in [1.807, 2.05) is 0 Å². The van der Waals surface area contributed by atoms with E-state index in [4.69, 9.17) is 44.3 Å². The smallest absolute Gasteiger partial charge is 0.329 e. The molecular formula is C10H6Cl3N3O2. The maximum Gasteiger partial charge on any atom is 0.329 e. The Morgan fingerprint density at radius 3 is 2.33 bits per heavy atom. The summed E-state index contributed by atoms with van der Waals surface area (Å²) in [5.41, 5.74) is 0. The van der Waals surface area contributed by atoms with Gasteiger partial charge >= 0.3 is 12.0 Å². The van der Waals surface area contributed by atoms with Crippen molar-refractivity contribution in [3.8, 4) is 17.8 Å². The van der Waals surface area contributed by atoms with Gasteiger partial charge in [-0.05, 0) is 23.7 Å². The highest BCUT2D eigenvalue weighted by molar-refractivity contribution is 6.42. The average Bonchev–Trinajstić information content (AvgIpc) is 2.33. The van der Waals surface area contributed by atoms with Gasteiger partial charge in [0.15, 0.2) is 0 Å². The van der Waals surface area contributed by atoms with Crippen LogP contribution in [-0.4, -0.2) is 22.1 Å². The van der Waals surface area contributed by atoms with Crippen molar-refractivity contribution in [2.45, 2.75) is 0 Å². The molecule has 2 rings (SSSR count). The Morgan fingerprint density at radius 2 is 1.67 bits per heavy atom. The van der Waals surface area contributed by atoms with Crippen LogP contribution in [-0.2, 0) is 0 Å². The minimum atomic E-state index is -0.0306.